The number of halogens is 2. The first-order chi connectivity index (χ1) is 13.8. The summed E-state index contributed by atoms with van der Waals surface area (Å²) in [5, 5.41) is 16.6. The van der Waals surface area contributed by atoms with Gasteiger partial charge in [-0.05, 0) is 25.1 Å². The molecule has 0 spiro atoms. The molecule has 4 rings (SSSR count). The van der Waals surface area contributed by atoms with Crippen LogP contribution in [0.15, 0.2) is 48.5 Å². The summed E-state index contributed by atoms with van der Waals surface area (Å²) in [4.78, 5) is 0. The van der Waals surface area contributed by atoms with E-state index in [1.165, 1.54) is 0 Å². The Bertz CT molecular complexity index is 1170. The molecule has 0 aliphatic rings. The minimum Gasteiger partial charge on any atom is -0.231 e. The molecule has 29 heavy (non-hydrogen) atoms. The largest absolute Gasteiger partial charge is 0.231 e. The smallest absolute Gasteiger partial charge is 0.168 e. The molecular formula is C22H20Cl2N4S. The van der Waals surface area contributed by atoms with Crippen molar-refractivity contribution in [3.63, 3.8) is 0 Å². The lowest BCUT2D eigenvalue weighted by Gasteiger charge is -2.12. The summed E-state index contributed by atoms with van der Waals surface area (Å²) in [7, 11) is 0. The van der Waals surface area contributed by atoms with Crippen LogP contribution >= 0.6 is 34.5 Å². The van der Waals surface area contributed by atoms with Crippen LogP contribution in [0.2, 0.25) is 10.0 Å². The highest BCUT2D eigenvalue weighted by Gasteiger charge is 2.25. The van der Waals surface area contributed by atoms with E-state index < -0.39 is 0 Å². The Kier molecular flexibility index (Phi) is 5.23. The molecule has 0 amide bonds. The minimum atomic E-state index is -0.0614. The number of hydrogen-bond acceptors (Lipinski definition) is 4. The van der Waals surface area contributed by atoms with Crippen LogP contribution in [-0.4, -0.2) is 20.0 Å². The predicted octanol–water partition coefficient (Wildman–Crippen LogP) is 6.97. The van der Waals surface area contributed by atoms with Crippen LogP contribution in [0, 0.1) is 6.92 Å². The first-order valence-corrected chi connectivity index (χ1v) is 10.8. The van der Waals surface area contributed by atoms with Crippen LogP contribution in [0.25, 0.3) is 27.6 Å². The molecular weight excluding hydrogens is 423 g/mol. The SMILES string of the molecule is Cc1c(-c2nnc(C(C)(C)C)s2)nn(-c2ccc(Cl)cc2Cl)c1-c1ccccc1. The highest BCUT2D eigenvalue weighted by molar-refractivity contribution is 7.14. The molecule has 4 nitrogen and oxygen atoms in total. The Morgan fingerprint density at radius 3 is 2.31 bits per heavy atom. The van der Waals surface area contributed by atoms with Crippen LogP contribution in [0.3, 0.4) is 0 Å². The van der Waals surface area contributed by atoms with Gasteiger partial charge in [0.25, 0.3) is 0 Å². The fourth-order valence-electron chi connectivity index (χ4n) is 3.08. The second kappa shape index (κ2) is 7.56. The van der Waals surface area contributed by atoms with Crippen molar-refractivity contribution in [2.45, 2.75) is 33.1 Å². The molecule has 0 radical (unpaired) electrons. The van der Waals surface area contributed by atoms with E-state index in [-0.39, 0.29) is 5.41 Å². The molecule has 0 saturated carbocycles. The van der Waals surface area contributed by atoms with Gasteiger partial charge in [-0.1, -0.05) is 85.6 Å². The van der Waals surface area contributed by atoms with Gasteiger partial charge in [-0.3, -0.25) is 0 Å². The number of benzene rings is 2. The Balaban J connectivity index is 1.95. The molecule has 0 aliphatic carbocycles. The summed E-state index contributed by atoms with van der Waals surface area (Å²) in [6.07, 6.45) is 0. The molecule has 2 heterocycles. The molecule has 0 unspecified atom stereocenters. The molecule has 4 aromatic rings. The van der Waals surface area contributed by atoms with Gasteiger partial charge in [-0.15, -0.1) is 10.2 Å². The second-order valence-corrected chi connectivity index (χ2v) is 9.68. The van der Waals surface area contributed by atoms with Crippen molar-refractivity contribution >= 4 is 34.5 Å². The van der Waals surface area contributed by atoms with Crippen molar-refractivity contribution in [2.24, 2.45) is 0 Å². The maximum atomic E-state index is 6.52. The van der Waals surface area contributed by atoms with Gasteiger partial charge in [0.2, 0.25) is 0 Å². The van der Waals surface area contributed by atoms with E-state index in [9.17, 15) is 0 Å². The fraction of sp³-hybridized carbons (Fsp3) is 0.227. The Morgan fingerprint density at radius 2 is 1.69 bits per heavy atom. The monoisotopic (exact) mass is 442 g/mol. The molecule has 0 N–H and O–H groups in total. The van der Waals surface area contributed by atoms with E-state index in [0.717, 1.165) is 38.2 Å². The molecule has 7 heteroatoms. The van der Waals surface area contributed by atoms with Gasteiger partial charge in [0.05, 0.1) is 16.4 Å². The third-order valence-electron chi connectivity index (χ3n) is 4.58. The lowest BCUT2D eigenvalue weighted by molar-refractivity contribution is 0.578. The van der Waals surface area contributed by atoms with Crippen LogP contribution in [0.4, 0.5) is 0 Å². The number of rotatable bonds is 3. The molecule has 0 atom stereocenters. The predicted molar refractivity (Wildman–Crippen MR) is 121 cm³/mol. The van der Waals surface area contributed by atoms with Gasteiger partial charge >= 0.3 is 0 Å². The number of hydrogen-bond donors (Lipinski definition) is 0. The number of nitrogens with zero attached hydrogens (tertiary/aromatic N) is 4. The van der Waals surface area contributed by atoms with Crippen molar-refractivity contribution in [2.75, 3.05) is 0 Å². The average molecular weight is 443 g/mol. The Morgan fingerprint density at radius 1 is 0.966 bits per heavy atom. The lowest BCUT2D eigenvalue weighted by Crippen LogP contribution is -2.10. The van der Waals surface area contributed by atoms with E-state index in [1.807, 2.05) is 35.0 Å². The van der Waals surface area contributed by atoms with Gasteiger partial charge in [-0.2, -0.15) is 5.10 Å². The standard InChI is InChI=1S/C22H20Cl2N4S/c1-13-18(20-25-26-21(29-20)22(2,3)4)27-28(17-11-10-15(23)12-16(17)24)19(13)14-8-6-5-7-9-14/h5-12H,1-4H3. The quantitative estimate of drug-likeness (QED) is 0.343. The van der Waals surface area contributed by atoms with Gasteiger partial charge in [-0.25, -0.2) is 4.68 Å². The molecule has 2 aromatic carbocycles. The van der Waals surface area contributed by atoms with E-state index in [2.05, 4.69) is 50.0 Å². The van der Waals surface area contributed by atoms with E-state index in [1.54, 1.807) is 17.4 Å². The fourth-order valence-corrected chi connectivity index (χ4v) is 4.52. The third kappa shape index (κ3) is 3.82. The number of aromatic nitrogens is 4. The zero-order valence-electron chi connectivity index (χ0n) is 16.6. The van der Waals surface area contributed by atoms with Crippen LogP contribution in [0.1, 0.15) is 31.3 Å². The maximum Gasteiger partial charge on any atom is 0.168 e. The highest BCUT2D eigenvalue weighted by atomic mass is 35.5. The second-order valence-electron chi connectivity index (χ2n) is 7.86. The molecule has 0 saturated heterocycles. The summed E-state index contributed by atoms with van der Waals surface area (Å²) >= 11 is 14.2. The first kappa shape index (κ1) is 20.1. The first-order valence-electron chi connectivity index (χ1n) is 9.20. The highest BCUT2D eigenvalue weighted by Crippen LogP contribution is 2.38. The molecule has 0 bridgehead atoms. The van der Waals surface area contributed by atoms with E-state index in [0.29, 0.717) is 10.0 Å². The molecule has 0 fully saturated rings. The summed E-state index contributed by atoms with van der Waals surface area (Å²) in [5.74, 6) is 0. The molecule has 0 aliphatic heterocycles. The van der Waals surface area contributed by atoms with E-state index in [4.69, 9.17) is 28.3 Å². The summed E-state index contributed by atoms with van der Waals surface area (Å²) in [6, 6.07) is 15.6. The van der Waals surface area contributed by atoms with Crippen LogP contribution in [-0.2, 0) is 5.41 Å². The minimum absolute atomic E-state index is 0.0614. The summed E-state index contributed by atoms with van der Waals surface area (Å²) < 4.78 is 1.87. The van der Waals surface area contributed by atoms with Crippen molar-refractivity contribution < 1.29 is 0 Å². The van der Waals surface area contributed by atoms with Crippen molar-refractivity contribution in [3.05, 3.63) is 69.1 Å². The van der Waals surface area contributed by atoms with Crippen molar-refractivity contribution in [1.82, 2.24) is 20.0 Å². The van der Waals surface area contributed by atoms with Gasteiger partial charge in [0.1, 0.15) is 10.7 Å². The molecule has 2 aromatic heterocycles. The summed E-state index contributed by atoms with van der Waals surface area (Å²) in [6.45, 7) is 8.45. The van der Waals surface area contributed by atoms with Crippen molar-refractivity contribution in [3.8, 4) is 27.6 Å². The maximum absolute atomic E-state index is 6.52. The molecule has 148 valence electrons. The topological polar surface area (TPSA) is 43.6 Å². The van der Waals surface area contributed by atoms with Gasteiger partial charge < -0.3 is 0 Å². The van der Waals surface area contributed by atoms with Crippen molar-refractivity contribution in [1.29, 1.82) is 0 Å². The van der Waals surface area contributed by atoms with Crippen LogP contribution in [0.5, 0.6) is 0 Å². The third-order valence-corrected chi connectivity index (χ3v) is 6.47. The summed E-state index contributed by atoms with van der Waals surface area (Å²) in [5.41, 5.74) is 4.56. The van der Waals surface area contributed by atoms with E-state index >= 15 is 0 Å². The zero-order chi connectivity index (χ0) is 20.8. The zero-order valence-corrected chi connectivity index (χ0v) is 18.9. The van der Waals surface area contributed by atoms with Crippen LogP contribution < -0.4 is 0 Å². The Labute approximate surface area is 184 Å². The van der Waals surface area contributed by atoms with Gasteiger partial charge in [0.15, 0.2) is 5.01 Å². The normalized spacial score (nSPS) is 11.8. The average Bonchev–Trinajstić information content (AvgIpc) is 3.27. The van der Waals surface area contributed by atoms with Gasteiger partial charge in [0, 0.05) is 21.6 Å². The lowest BCUT2D eigenvalue weighted by atomic mass is 9.98. The Hall–Kier alpha value is -2.21.